The molecule has 98 heavy (non-hydrogen) atoms. The van der Waals surface area contributed by atoms with Gasteiger partial charge in [-0.25, -0.2) is 9.13 Å². The SMILES string of the molecule is CCC(C)CCCCCCCCCCCCC(=O)OC[C@H](COP(=O)(O)OC[C@@H](O)COP(=O)(O)OC[C@@H](COC(=O)CCCCCCCCC(C)C)OC(=O)CCCCCCCCCCCCCCCC(C)C)OC(=O)CCCCCCCCCCCCCCCCCCC(C)C. The van der Waals surface area contributed by atoms with Crippen molar-refractivity contribution in [3.05, 3.63) is 0 Å². The zero-order chi connectivity index (χ0) is 72.4. The highest BCUT2D eigenvalue weighted by Gasteiger charge is 2.30. The fourth-order valence-electron chi connectivity index (χ4n) is 12.0. The molecule has 6 atom stereocenters. The van der Waals surface area contributed by atoms with Gasteiger partial charge < -0.3 is 33.8 Å². The second kappa shape index (κ2) is 68.2. The highest BCUT2D eigenvalue weighted by Crippen LogP contribution is 2.45. The van der Waals surface area contributed by atoms with Gasteiger partial charge in [0.15, 0.2) is 12.2 Å². The van der Waals surface area contributed by atoms with Crippen molar-refractivity contribution >= 4 is 39.5 Å². The molecule has 0 saturated carbocycles. The largest absolute Gasteiger partial charge is 0.472 e. The first-order chi connectivity index (χ1) is 47.1. The van der Waals surface area contributed by atoms with Crippen LogP contribution in [0.3, 0.4) is 0 Å². The Morgan fingerprint density at radius 1 is 0.286 bits per heavy atom. The number of aliphatic hydroxyl groups excluding tert-OH is 1. The molecule has 0 spiro atoms. The number of hydrogen-bond acceptors (Lipinski definition) is 15. The first-order valence-electron chi connectivity index (χ1n) is 40.7. The molecule has 0 saturated heterocycles. The van der Waals surface area contributed by atoms with Crippen LogP contribution in [0.5, 0.6) is 0 Å². The summed E-state index contributed by atoms with van der Waals surface area (Å²) < 4.78 is 68.6. The molecule has 3 N–H and O–H groups in total. The Morgan fingerprint density at radius 3 is 0.724 bits per heavy atom. The van der Waals surface area contributed by atoms with Gasteiger partial charge in [-0.3, -0.25) is 37.3 Å². The molecule has 0 aromatic carbocycles. The van der Waals surface area contributed by atoms with E-state index in [0.29, 0.717) is 31.6 Å². The van der Waals surface area contributed by atoms with Gasteiger partial charge >= 0.3 is 39.5 Å². The van der Waals surface area contributed by atoms with Crippen molar-refractivity contribution in [1.29, 1.82) is 0 Å². The smallest absolute Gasteiger partial charge is 0.462 e. The molecular formula is C79H154O17P2. The van der Waals surface area contributed by atoms with E-state index in [-0.39, 0.29) is 25.7 Å². The van der Waals surface area contributed by atoms with E-state index in [9.17, 15) is 43.2 Å². The maximum Gasteiger partial charge on any atom is 0.472 e. The van der Waals surface area contributed by atoms with E-state index in [4.69, 9.17) is 37.0 Å². The summed E-state index contributed by atoms with van der Waals surface area (Å²) in [5.41, 5.74) is 0. The number of aliphatic hydroxyl groups is 1. The lowest BCUT2D eigenvalue weighted by molar-refractivity contribution is -0.161. The number of ether oxygens (including phenoxy) is 4. The number of unbranched alkanes of at least 4 members (excludes halogenated alkanes) is 41. The van der Waals surface area contributed by atoms with E-state index >= 15 is 0 Å². The van der Waals surface area contributed by atoms with Gasteiger partial charge in [0.25, 0.3) is 0 Å². The molecule has 582 valence electrons. The van der Waals surface area contributed by atoms with Crippen LogP contribution in [0.15, 0.2) is 0 Å². The maximum absolute atomic E-state index is 13.1. The highest BCUT2D eigenvalue weighted by molar-refractivity contribution is 7.47. The van der Waals surface area contributed by atoms with Crippen LogP contribution < -0.4 is 0 Å². The standard InChI is InChI=1S/C79H154O17P2/c1-9-72(8)58-50-42-33-27-23-24-28-34-43-51-59-76(81)89-65-74(95-78(83)61-53-45-35-29-21-17-13-11-10-12-15-19-25-31-39-47-55-69(2)3)67-93-97(85,86)91-63-73(80)64-92-98(87,88)94-68-75(66-90-77(82)60-52-44-38-37-41-49-57-71(6)7)96-79(84)62-54-46-36-30-22-18-14-16-20-26-32-40-48-56-70(4)5/h69-75,80H,9-68H2,1-8H3,(H,85,86)(H,87,88)/t72?,73-,74-,75-/m1/s1. The zero-order valence-corrected chi connectivity index (χ0v) is 66.2. The Morgan fingerprint density at radius 2 is 0.490 bits per heavy atom. The van der Waals surface area contributed by atoms with Crippen LogP contribution in [0.4, 0.5) is 0 Å². The number of carbonyl (C=O) groups is 4. The quantitative estimate of drug-likeness (QED) is 0.0222. The van der Waals surface area contributed by atoms with E-state index in [1.165, 1.54) is 199 Å². The van der Waals surface area contributed by atoms with Crippen molar-refractivity contribution < 1.29 is 80.2 Å². The van der Waals surface area contributed by atoms with Crippen LogP contribution in [0, 0.1) is 23.7 Å². The highest BCUT2D eigenvalue weighted by atomic mass is 31.2. The molecule has 0 amide bonds. The first kappa shape index (κ1) is 96.1. The molecule has 0 aromatic heterocycles. The topological polar surface area (TPSA) is 237 Å². The normalized spacial score (nSPS) is 14.3. The molecule has 17 nitrogen and oxygen atoms in total. The van der Waals surface area contributed by atoms with Crippen LogP contribution in [0.1, 0.15) is 402 Å². The van der Waals surface area contributed by atoms with Crippen LogP contribution in [-0.4, -0.2) is 96.7 Å². The third kappa shape index (κ3) is 71.1. The number of carbonyl (C=O) groups excluding carboxylic acids is 4. The molecule has 0 aliphatic heterocycles. The number of esters is 4. The summed E-state index contributed by atoms with van der Waals surface area (Å²) in [7, 11) is -9.92. The van der Waals surface area contributed by atoms with E-state index in [2.05, 4.69) is 55.4 Å². The lowest BCUT2D eigenvalue weighted by atomic mass is 9.99. The fourth-order valence-corrected chi connectivity index (χ4v) is 13.6. The number of hydrogen-bond donors (Lipinski definition) is 3. The van der Waals surface area contributed by atoms with Gasteiger partial charge in [0.2, 0.25) is 0 Å². The van der Waals surface area contributed by atoms with Crippen molar-refractivity contribution in [3.63, 3.8) is 0 Å². The summed E-state index contributed by atoms with van der Waals surface area (Å²) in [6.45, 7) is 14.2. The van der Waals surface area contributed by atoms with Crippen molar-refractivity contribution in [2.24, 2.45) is 23.7 Å². The third-order valence-corrected chi connectivity index (χ3v) is 20.6. The van der Waals surface area contributed by atoms with E-state index in [0.717, 1.165) is 114 Å². The second-order valence-electron chi connectivity index (χ2n) is 30.1. The molecule has 0 bridgehead atoms. The molecular weight excluding hydrogens is 1280 g/mol. The summed E-state index contributed by atoms with van der Waals surface area (Å²) in [5, 5.41) is 10.6. The summed E-state index contributed by atoms with van der Waals surface area (Å²) in [4.78, 5) is 72.9. The lowest BCUT2D eigenvalue weighted by Gasteiger charge is -2.21. The second-order valence-corrected chi connectivity index (χ2v) is 33.0. The maximum atomic E-state index is 13.1. The fraction of sp³-hybridized carbons (Fsp3) is 0.949. The van der Waals surface area contributed by atoms with Crippen molar-refractivity contribution in [3.8, 4) is 0 Å². The van der Waals surface area contributed by atoms with Gasteiger partial charge in [0, 0.05) is 25.7 Å². The predicted octanol–water partition coefficient (Wildman–Crippen LogP) is 23.2. The van der Waals surface area contributed by atoms with Gasteiger partial charge in [0.05, 0.1) is 26.4 Å². The predicted molar refractivity (Wildman–Crippen MR) is 400 cm³/mol. The van der Waals surface area contributed by atoms with Crippen LogP contribution in [0.25, 0.3) is 0 Å². The van der Waals surface area contributed by atoms with Gasteiger partial charge in [-0.1, -0.05) is 351 Å². The van der Waals surface area contributed by atoms with Gasteiger partial charge in [-0.05, 0) is 49.4 Å². The Kier molecular flexibility index (Phi) is 66.8. The Balaban J connectivity index is 5.23. The summed E-state index contributed by atoms with van der Waals surface area (Å²) in [5.74, 6) is 0.966. The van der Waals surface area contributed by atoms with Crippen molar-refractivity contribution in [2.75, 3.05) is 39.6 Å². The molecule has 0 fully saturated rings. The van der Waals surface area contributed by atoms with Gasteiger partial charge in [-0.2, -0.15) is 0 Å². The third-order valence-electron chi connectivity index (χ3n) is 18.7. The average molecular weight is 1440 g/mol. The van der Waals surface area contributed by atoms with Crippen LogP contribution >= 0.6 is 15.6 Å². The monoisotopic (exact) mass is 1440 g/mol. The Bertz CT molecular complexity index is 1920. The summed E-state index contributed by atoms with van der Waals surface area (Å²) >= 11 is 0. The minimum atomic E-state index is -4.96. The number of phosphoric acid groups is 2. The average Bonchev–Trinajstić information content (AvgIpc) is 0.988. The number of rotatable bonds is 76. The Hall–Kier alpha value is -1.94. The van der Waals surface area contributed by atoms with Crippen molar-refractivity contribution in [1.82, 2.24) is 0 Å². The van der Waals surface area contributed by atoms with Gasteiger partial charge in [-0.15, -0.1) is 0 Å². The van der Waals surface area contributed by atoms with Crippen molar-refractivity contribution in [2.45, 2.75) is 420 Å². The molecule has 3 unspecified atom stereocenters. The first-order valence-corrected chi connectivity index (χ1v) is 43.7. The summed E-state index contributed by atoms with van der Waals surface area (Å²) in [6, 6.07) is 0. The van der Waals surface area contributed by atoms with E-state index in [1.807, 2.05) is 0 Å². The van der Waals surface area contributed by atoms with Crippen LogP contribution in [-0.2, 0) is 65.4 Å². The Labute approximate surface area is 600 Å². The van der Waals surface area contributed by atoms with Gasteiger partial charge in [0.1, 0.15) is 19.3 Å². The zero-order valence-electron chi connectivity index (χ0n) is 64.4. The number of phosphoric ester groups is 2. The molecule has 0 aliphatic carbocycles. The minimum Gasteiger partial charge on any atom is -0.462 e. The molecule has 0 rings (SSSR count). The summed E-state index contributed by atoms with van der Waals surface area (Å²) in [6.07, 6.45) is 54.2. The van der Waals surface area contributed by atoms with E-state index < -0.39 is 97.5 Å². The molecule has 19 heteroatoms. The lowest BCUT2D eigenvalue weighted by Crippen LogP contribution is -2.30. The molecule has 0 radical (unpaired) electrons. The molecule has 0 aromatic rings. The molecule has 0 aliphatic rings. The van der Waals surface area contributed by atoms with Crippen LogP contribution in [0.2, 0.25) is 0 Å². The van der Waals surface area contributed by atoms with E-state index in [1.54, 1.807) is 0 Å². The molecule has 0 heterocycles. The minimum absolute atomic E-state index is 0.106.